The lowest BCUT2D eigenvalue weighted by atomic mass is 10.1. The van der Waals surface area contributed by atoms with E-state index in [1.54, 1.807) is 0 Å². The maximum atomic E-state index is 4.43. The highest BCUT2D eigenvalue weighted by atomic mass is 14.9. The molecule has 0 spiro atoms. The third-order valence-corrected chi connectivity index (χ3v) is 3.65. The zero-order valence-electron chi connectivity index (χ0n) is 10.1. The van der Waals surface area contributed by atoms with Crippen LogP contribution in [0.5, 0.6) is 0 Å². The molecule has 0 aliphatic heterocycles. The van der Waals surface area contributed by atoms with Crippen molar-refractivity contribution in [2.24, 2.45) is 7.05 Å². The number of para-hydroxylation sites is 1. The second-order valence-electron chi connectivity index (χ2n) is 4.61. The predicted octanol–water partition coefficient (Wildman–Crippen LogP) is 3.88. The van der Waals surface area contributed by atoms with Crippen molar-refractivity contribution in [2.75, 3.05) is 0 Å². The van der Waals surface area contributed by atoms with Gasteiger partial charge in [-0.05, 0) is 24.3 Å². The van der Waals surface area contributed by atoms with Gasteiger partial charge in [0.25, 0.3) is 0 Å². The third-order valence-electron chi connectivity index (χ3n) is 3.65. The van der Waals surface area contributed by atoms with Crippen molar-refractivity contribution < 1.29 is 0 Å². The first-order valence-electron chi connectivity index (χ1n) is 6.07. The standard InChI is InChI=1S/C16H12N2/c1-18-15-7-3-2-5-11(15)12-8-9-14-13(16(12)18)6-4-10-17-14/h2-10H,1H3. The number of pyridine rings is 1. The Bertz CT molecular complexity index is 887. The van der Waals surface area contributed by atoms with Gasteiger partial charge in [-0.3, -0.25) is 4.98 Å². The highest BCUT2D eigenvalue weighted by molar-refractivity contribution is 6.16. The van der Waals surface area contributed by atoms with Crippen LogP contribution in [0.1, 0.15) is 0 Å². The lowest BCUT2D eigenvalue weighted by Gasteiger charge is -2.02. The summed E-state index contributed by atoms with van der Waals surface area (Å²) in [4.78, 5) is 4.43. The molecule has 0 aliphatic rings. The van der Waals surface area contributed by atoms with Crippen LogP contribution in [0.25, 0.3) is 32.7 Å². The fourth-order valence-corrected chi connectivity index (χ4v) is 2.83. The Labute approximate surface area is 104 Å². The van der Waals surface area contributed by atoms with Gasteiger partial charge in [-0.1, -0.05) is 24.3 Å². The zero-order chi connectivity index (χ0) is 12.1. The van der Waals surface area contributed by atoms with Crippen LogP contribution in [0.15, 0.2) is 54.7 Å². The van der Waals surface area contributed by atoms with Crippen molar-refractivity contribution in [2.45, 2.75) is 0 Å². The van der Waals surface area contributed by atoms with Crippen LogP contribution in [0.4, 0.5) is 0 Å². The molecule has 4 aromatic rings. The first kappa shape index (κ1) is 9.66. The lowest BCUT2D eigenvalue weighted by Crippen LogP contribution is -1.88. The minimum atomic E-state index is 1.05. The Kier molecular flexibility index (Phi) is 1.78. The Morgan fingerprint density at radius 2 is 1.67 bits per heavy atom. The van der Waals surface area contributed by atoms with E-state index in [1.807, 2.05) is 12.3 Å². The molecule has 2 heteroatoms. The van der Waals surface area contributed by atoms with Crippen molar-refractivity contribution in [1.29, 1.82) is 0 Å². The van der Waals surface area contributed by atoms with Crippen LogP contribution in [-0.2, 0) is 7.05 Å². The van der Waals surface area contributed by atoms with E-state index in [9.17, 15) is 0 Å². The summed E-state index contributed by atoms with van der Waals surface area (Å²) in [5.74, 6) is 0. The van der Waals surface area contributed by atoms with Gasteiger partial charge < -0.3 is 4.57 Å². The van der Waals surface area contributed by atoms with E-state index in [2.05, 4.69) is 59.1 Å². The molecule has 0 aliphatic carbocycles. The summed E-state index contributed by atoms with van der Waals surface area (Å²) in [7, 11) is 2.12. The van der Waals surface area contributed by atoms with Gasteiger partial charge in [-0.15, -0.1) is 0 Å². The quantitative estimate of drug-likeness (QED) is 0.450. The van der Waals surface area contributed by atoms with Gasteiger partial charge in [0.2, 0.25) is 0 Å². The summed E-state index contributed by atoms with van der Waals surface area (Å²) in [6.07, 6.45) is 1.84. The number of aromatic nitrogens is 2. The van der Waals surface area contributed by atoms with Gasteiger partial charge >= 0.3 is 0 Å². The molecular formula is C16H12N2. The topological polar surface area (TPSA) is 17.8 Å². The average Bonchev–Trinajstić information content (AvgIpc) is 2.73. The van der Waals surface area contributed by atoms with Crippen LogP contribution in [0.2, 0.25) is 0 Å². The average molecular weight is 232 g/mol. The number of hydrogen-bond donors (Lipinski definition) is 0. The Hall–Kier alpha value is -2.35. The van der Waals surface area contributed by atoms with E-state index in [4.69, 9.17) is 0 Å². The van der Waals surface area contributed by atoms with Crippen LogP contribution in [0, 0.1) is 0 Å². The largest absolute Gasteiger partial charge is 0.343 e. The van der Waals surface area contributed by atoms with E-state index in [0.29, 0.717) is 0 Å². The molecular weight excluding hydrogens is 220 g/mol. The highest BCUT2D eigenvalue weighted by Crippen LogP contribution is 2.32. The van der Waals surface area contributed by atoms with Gasteiger partial charge in [-0.25, -0.2) is 0 Å². The van der Waals surface area contributed by atoms with Crippen molar-refractivity contribution in [1.82, 2.24) is 9.55 Å². The van der Waals surface area contributed by atoms with Crippen molar-refractivity contribution in [3.8, 4) is 0 Å². The van der Waals surface area contributed by atoms with E-state index in [1.165, 1.54) is 27.2 Å². The van der Waals surface area contributed by atoms with Gasteiger partial charge in [-0.2, -0.15) is 0 Å². The minimum Gasteiger partial charge on any atom is -0.343 e. The van der Waals surface area contributed by atoms with Gasteiger partial charge in [0.1, 0.15) is 0 Å². The highest BCUT2D eigenvalue weighted by Gasteiger charge is 2.10. The molecule has 0 radical (unpaired) electrons. The number of nitrogens with zero attached hydrogens (tertiary/aromatic N) is 2. The van der Waals surface area contributed by atoms with Gasteiger partial charge in [0.15, 0.2) is 0 Å². The van der Waals surface area contributed by atoms with E-state index in [-0.39, 0.29) is 0 Å². The molecule has 2 heterocycles. The van der Waals surface area contributed by atoms with Crippen LogP contribution >= 0.6 is 0 Å². The molecule has 0 saturated carbocycles. The first-order valence-corrected chi connectivity index (χ1v) is 6.07. The second kappa shape index (κ2) is 3.33. The molecule has 4 rings (SSSR count). The Balaban J connectivity index is 2.39. The monoisotopic (exact) mass is 232 g/mol. The van der Waals surface area contributed by atoms with E-state index >= 15 is 0 Å². The van der Waals surface area contributed by atoms with E-state index in [0.717, 1.165) is 5.52 Å². The number of fused-ring (bicyclic) bond motifs is 5. The molecule has 0 saturated heterocycles. The molecule has 0 fully saturated rings. The first-order chi connectivity index (χ1) is 8.86. The maximum absolute atomic E-state index is 4.43. The predicted molar refractivity (Wildman–Crippen MR) is 75.7 cm³/mol. The van der Waals surface area contributed by atoms with Gasteiger partial charge in [0, 0.05) is 34.9 Å². The molecule has 2 aromatic carbocycles. The fourth-order valence-electron chi connectivity index (χ4n) is 2.83. The molecule has 18 heavy (non-hydrogen) atoms. The normalized spacial score (nSPS) is 11.6. The molecule has 0 unspecified atom stereocenters. The molecule has 2 nitrogen and oxygen atoms in total. The smallest absolute Gasteiger partial charge is 0.0723 e. The number of benzene rings is 2. The summed E-state index contributed by atoms with van der Waals surface area (Å²) < 4.78 is 2.26. The van der Waals surface area contributed by atoms with E-state index < -0.39 is 0 Å². The summed E-state index contributed by atoms with van der Waals surface area (Å²) in [6.45, 7) is 0. The minimum absolute atomic E-state index is 1.05. The molecule has 2 aromatic heterocycles. The van der Waals surface area contributed by atoms with Crippen LogP contribution < -0.4 is 0 Å². The molecule has 0 atom stereocenters. The van der Waals surface area contributed by atoms with Crippen molar-refractivity contribution >= 4 is 32.7 Å². The lowest BCUT2D eigenvalue weighted by molar-refractivity contribution is 1.02. The molecule has 86 valence electrons. The van der Waals surface area contributed by atoms with Crippen molar-refractivity contribution in [3.63, 3.8) is 0 Å². The summed E-state index contributed by atoms with van der Waals surface area (Å²) >= 11 is 0. The SMILES string of the molecule is Cn1c2ccccc2c2ccc3ncccc3c21. The zero-order valence-corrected chi connectivity index (χ0v) is 10.1. The number of rotatable bonds is 0. The third kappa shape index (κ3) is 1.10. The Morgan fingerprint density at radius 3 is 2.61 bits per heavy atom. The fraction of sp³-hybridized carbons (Fsp3) is 0.0625. The second-order valence-corrected chi connectivity index (χ2v) is 4.61. The molecule has 0 N–H and O–H groups in total. The van der Waals surface area contributed by atoms with Crippen LogP contribution in [0.3, 0.4) is 0 Å². The Morgan fingerprint density at radius 1 is 0.833 bits per heavy atom. The number of aryl methyl sites for hydroxylation is 1. The summed E-state index contributed by atoms with van der Waals surface area (Å²) in [5, 5.41) is 3.82. The number of hydrogen-bond acceptors (Lipinski definition) is 1. The summed E-state index contributed by atoms with van der Waals surface area (Å²) in [5.41, 5.74) is 3.58. The van der Waals surface area contributed by atoms with Gasteiger partial charge in [0.05, 0.1) is 11.0 Å². The summed E-state index contributed by atoms with van der Waals surface area (Å²) in [6, 6.07) is 16.9. The van der Waals surface area contributed by atoms with Crippen molar-refractivity contribution in [3.05, 3.63) is 54.7 Å². The molecule has 0 bridgehead atoms. The maximum Gasteiger partial charge on any atom is 0.0723 e. The molecule has 0 amide bonds. The van der Waals surface area contributed by atoms with Crippen LogP contribution in [-0.4, -0.2) is 9.55 Å².